The molecule has 0 bridgehead atoms. The summed E-state index contributed by atoms with van der Waals surface area (Å²) in [4.78, 5) is 10.2. The molecule has 4 heterocycles. The zero-order valence-corrected chi connectivity index (χ0v) is 32.0. The fourth-order valence-electron chi connectivity index (χ4n) is 8.21. The van der Waals surface area contributed by atoms with Crippen LogP contribution >= 0.6 is 0 Å². The Hall–Kier alpha value is -3.62. The van der Waals surface area contributed by atoms with Gasteiger partial charge in [-0.3, -0.25) is 0 Å². The van der Waals surface area contributed by atoms with Gasteiger partial charge in [-0.15, -0.1) is 0 Å². The Bertz CT molecular complexity index is 2380. The minimum atomic E-state index is -4.84. The van der Waals surface area contributed by atoms with Crippen LogP contribution in [0.3, 0.4) is 0 Å². The van der Waals surface area contributed by atoms with E-state index in [4.69, 9.17) is 0 Å². The van der Waals surface area contributed by atoms with Crippen LogP contribution in [0.5, 0.6) is 0 Å². The standard InChI is InChI=1S/C35H42N4O11S3/c1-21(5-7-23-9-11-34(3)28-13-22(2)15-36-32(28)38(30(23)34)17-25(40)19-51(42,43)44)6-8-24-10-12-35(4)29-14-27(53(48,49)50)16-37-33(29)39(31(24)35)18-26(41)20-52(45,46)47/h5-8,13-16,25-26,40-41H,9-12,17-20H2,1-4H3,(H2-,42,43,44,45,46,47,48,49,50)/p-2. The van der Waals surface area contributed by atoms with Crippen molar-refractivity contribution in [2.24, 2.45) is 0 Å². The van der Waals surface area contributed by atoms with Gasteiger partial charge in [-0.1, -0.05) is 29.9 Å². The first-order valence-corrected chi connectivity index (χ1v) is 21.5. The zero-order valence-electron chi connectivity index (χ0n) is 29.5. The van der Waals surface area contributed by atoms with Crippen LogP contribution in [0.1, 0.15) is 63.1 Å². The second-order valence-corrected chi connectivity index (χ2v) is 19.0. The molecule has 2 aliphatic heterocycles. The van der Waals surface area contributed by atoms with E-state index in [9.17, 15) is 49.1 Å². The number of aliphatic hydroxyl groups is 2. The molecule has 15 nitrogen and oxygen atoms in total. The number of fused-ring (bicyclic) bond motifs is 6. The van der Waals surface area contributed by atoms with Crippen molar-refractivity contribution >= 4 is 47.7 Å². The molecule has 4 unspecified atom stereocenters. The van der Waals surface area contributed by atoms with Crippen molar-refractivity contribution in [3.63, 3.8) is 0 Å². The maximum Gasteiger partial charge on any atom is 0.327 e. The summed E-state index contributed by atoms with van der Waals surface area (Å²) in [5.74, 6) is -1.10. The summed E-state index contributed by atoms with van der Waals surface area (Å²) in [5.41, 5.74) is 5.18. The van der Waals surface area contributed by atoms with Crippen LogP contribution in [0.4, 0.5) is 11.6 Å². The summed E-state index contributed by atoms with van der Waals surface area (Å²) in [5, 5.41) is 21.2. The zero-order chi connectivity index (χ0) is 38.9. The van der Waals surface area contributed by atoms with Crippen molar-refractivity contribution in [1.29, 1.82) is 0 Å². The van der Waals surface area contributed by atoms with E-state index in [1.54, 1.807) is 10.8 Å². The molecule has 0 saturated heterocycles. The van der Waals surface area contributed by atoms with Crippen LogP contribution in [-0.2, 0) is 41.2 Å². The lowest BCUT2D eigenvalue weighted by molar-refractivity contribution is -0.452. The molecule has 2 aromatic rings. The predicted molar refractivity (Wildman–Crippen MR) is 191 cm³/mol. The Balaban J connectivity index is 1.35. The number of hydrogen-bond acceptors (Lipinski definition) is 14. The average molecular weight is 789 g/mol. The third-order valence-electron chi connectivity index (χ3n) is 10.5. The SMILES string of the molecule is CC(C=CC1=C2N(CC(O)CS(=O)(=O)[O-])c3ncc(C)cc3C2(C)CC1)=CC=C1CCC2(C)C1=[N+](CC(O)CS(=O)(=O)[O-])c1ncc(S(=O)(=O)[O-])cc12. The topological polar surface area (TPSA) is 244 Å². The first-order chi connectivity index (χ1) is 24.5. The van der Waals surface area contributed by atoms with E-state index in [2.05, 4.69) is 16.9 Å². The van der Waals surface area contributed by atoms with Gasteiger partial charge < -0.3 is 28.8 Å². The number of aryl methyl sites for hydroxylation is 1. The van der Waals surface area contributed by atoms with Crippen molar-refractivity contribution in [3.8, 4) is 0 Å². The maximum atomic E-state index is 11.9. The van der Waals surface area contributed by atoms with Crippen LogP contribution in [0, 0.1) is 6.92 Å². The Labute approximate surface area is 309 Å². The van der Waals surface area contributed by atoms with Gasteiger partial charge in [-0.2, -0.15) is 0 Å². The number of rotatable bonds is 12. The minimum absolute atomic E-state index is 0.128. The number of aromatic nitrogens is 2. The lowest BCUT2D eigenvalue weighted by atomic mass is 9.81. The largest absolute Gasteiger partial charge is 0.748 e. The highest BCUT2D eigenvalue weighted by atomic mass is 32.2. The predicted octanol–water partition coefficient (Wildman–Crippen LogP) is 1.91. The van der Waals surface area contributed by atoms with Gasteiger partial charge in [0.2, 0.25) is 0 Å². The number of hydrogen-bond donors (Lipinski definition) is 2. The smallest absolute Gasteiger partial charge is 0.327 e. The number of pyridine rings is 2. The van der Waals surface area contributed by atoms with Crippen molar-refractivity contribution < 1.29 is 53.7 Å². The Morgan fingerprint density at radius 2 is 1.60 bits per heavy atom. The molecule has 1 fully saturated rings. The van der Waals surface area contributed by atoms with E-state index in [0.29, 0.717) is 36.4 Å². The molecule has 2 aromatic heterocycles. The van der Waals surface area contributed by atoms with Crippen LogP contribution in [-0.4, -0.2) is 106 Å². The van der Waals surface area contributed by atoms with Crippen LogP contribution in [0.25, 0.3) is 0 Å². The molecule has 1 saturated carbocycles. The molecule has 6 rings (SSSR count). The molecule has 4 atom stereocenters. The second kappa shape index (κ2) is 13.6. The molecular formula is C35H40N4O11S3-2. The van der Waals surface area contributed by atoms with E-state index < -0.39 is 69.8 Å². The molecule has 2 N–H and O–H groups in total. The molecule has 0 amide bonds. The van der Waals surface area contributed by atoms with E-state index >= 15 is 0 Å². The Morgan fingerprint density at radius 3 is 2.26 bits per heavy atom. The molecular weight excluding hydrogens is 749 g/mol. The summed E-state index contributed by atoms with van der Waals surface area (Å²) in [7, 11) is -14.3. The summed E-state index contributed by atoms with van der Waals surface area (Å²) >= 11 is 0. The average Bonchev–Trinajstić information content (AvgIpc) is 3.68. The van der Waals surface area contributed by atoms with E-state index in [0.717, 1.165) is 46.2 Å². The third-order valence-corrected chi connectivity index (χ3v) is 12.9. The van der Waals surface area contributed by atoms with Crippen molar-refractivity contribution in [2.45, 2.75) is 81.3 Å². The van der Waals surface area contributed by atoms with E-state index in [-0.39, 0.29) is 18.9 Å². The fraction of sp³-hybridized carbons (Fsp3) is 0.457. The minimum Gasteiger partial charge on any atom is -0.748 e. The summed E-state index contributed by atoms with van der Waals surface area (Å²) < 4.78 is 106. The number of aliphatic hydroxyl groups excluding tert-OH is 2. The van der Waals surface area contributed by atoms with Gasteiger partial charge in [0.05, 0.1) is 60.3 Å². The molecule has 286 valence electrons. The van der Waals surface area contributed by atoms with Crippen LogP contribution in [0.15, 0.2) is 76.1 Å². The summed E-state index contributed by atoms with van der Waals surface area (Å²) in [6, 6.07) is 3.30. The van der Waals surface area contributed by atoms with Gasteiger partial charge in [0.25, 0.3) is 0 Å². The molecule has 4 aliphatic rings. The van der Waals surface area contributed by atoms with Crippen LogP contribution < -0.4 is 4.90 Å². The number of β-amino-alcohol motifs (C(OH)–C–C–N with tert-alkyl or cyclic N) is 2. The molecule has 0 spiro atoms. The van der Waals surface area contributed by atoms with Gasteiger partial charge in [0.1, 0.15) is 34.3 Å². The van der Waals surface area contributed by atoms with E-state index in [1.165, 1.54) is 6.07 Å². The van der Waals surface area contributed by atoms with Crippen molar-refractivity contribution in [1.82, 2.24) is 9.97 Å². The first-order valence-electron chi connectivity index (χ1n) is 16.9. The van der Waals surface area contributed by atoms with Crippen molar-refractivity contribution in [3.05, 3.63) is 87.9 Å². The monoisotopic (exact) mass is 788 g/mol. The first kappa shape index (κ1) is 39.1. The maximum absolute atomic E-state index is 11.9. The van der Waals surface area contributed by atoms with Gasteiger partial charge in [0, 0.05) is 22.9 Å². The lowest BCUT2D eigenvalue weighted by Crippen LogP contribution is -2.36. The number of anilines is 1. The van der Waals surface area contributed by atoms with Gasteiger partial charge >= 0.3 is 5.82 Å². The molecule has 0 aromatic carbocycles. The summed E-state index contributed by atoms with van der Waals surface area (Å²) in [6.45, 7) is 7.32. The van der Waals surface area contributed by atoms with Gasteiger partial charge in [0.15, 0.2) is 6.20 Å². The molecule has 53 heavy (non-hydrogen) atoms. The molecule has 0 radical (unpaired) electrons. The number of allylic oxidation sites excluding steroid dienone is 8. The molecule has 2 aliphatic carbocycles. The second-order valence-electron chi connectivity index (χ2n) is 14.7. The van der Waals surface area contributed by atoms with E-state index in [1.807, 2.05) is 56.0 Å². The highest BCUT2D eigenvalue weighted by Gasteiger charge is 2.53. The van der Waals surface area contributed by atoms with Gasteiger partial charge in [-0.25, -0.2) is 34.8 Å². The van der Waals surface area contributed by atoms with Gasteiger partial charge in [-0.05, 0) is 87.2 Å². The highest BCUT2D eigenvalue weighted by Crippen LogP contribution is 2.56. The molecule has 18 heteroatoms. The number of nitrogens with zero attached hydrogens (tertiary/aromatic N) is 4. The normalized spacial score (nSPS) is 25.0. The quantitative estimate of drug-likeness (QED) is 0.177. The lowest BCUT2D eigenvalue weighted by Gasteiger charge is -2.28. The fourth-order valence-corrected chi connectivity index (χ4v) is 9.80. The van der Waals surface area contributed by atoms with Crippen molar-refractivity contribution in [2.75, 3.05) is 29.5 Å². The Kier molecular flexibility index (Phi) is 10.0. The van der Waals surface area contributed by atoms with Crippen LogP contribution in [0.2, 0.25) is 0 Å². The third kappa shape index (κ3) is 7.68. The summed E-state index contributed by atoms with van der Waals surface area (Å²) in [6.07, 6.45) is 9.70. The highest BCUT2D eigenvalue weighted by molar-refractivity contribution is 7.86. The Morgan fingerprint density at radius 1 is 0.943 bits per heavy atom.